The lowest BCUT2D eigenvalue weighted by atomic mass is 10.1. The average Bonchev–Trinajstić information content (AvgIpc) is 3.21. The molecule has 1 saturated heterocycles. The molecule has 0 saturated carbocycles. The Morgan fingerprint density at radius 1 is 1.17 bits per heavy atom. The van der Waals surface area contributed by atoms with Gasteiger partial charge in [0.15, 0.2) is 17.5 Å². The molecule has 1 amide bonds. The molecule has 3 heterocycles. The van der Waals surface area contributed by atoms with Gasteiger partial charge in [0.2, 0.25) is 5.91 Å². The number of aromatic nitrogens is 4. The van der Waals surface area contributed by atoms with Crippen LogP contribution in [0.1, 0.15) is 12.8 Å². The quantitative estimate of drug-likeness (QED) is 0.654. The van der Waals surface area contributed by atoms with Gasteiger partial charge in [-0.05, 0) is 31.0 Å². The van der Waals surface area contributed by atoms with E-state index < -0.39 is 30.5 Å². The second kappa shape index (κ2) is 7.81. The molecule has 4 rings (SSSR count). The third-order valence-electron chi connectivity index (χ3n) is 4.74. The Kier molecular flexibility index (Phi) is 5.18. The Labute approximate surface area is 168 Å². The van der Waals surface area contributed by atoms with Gasteiger partial charge >= 0.3 is 6.18 Å². The first-order valence-electron chi connectivity index (χ1n) is 9.16. The second-order valence-corrected chi connectivity index (χ2v) is 6.81. The standard InChI is InChI=1S/C19H16F4N6O/c20-12-9-26-16(11-3-4-13-14(8-11)25-6-5-24-13)28-17(12)29-7-1-2-15(29)18(30)27-10-19(21,22)23/h3-6,8-9,15H,1-2,7,10H2,(H,27,30)/t15-/m1/s1. The number of nitrogens with one attached hydrogen (secondary N) is 1. The van der Waals surface area contributed by atoms with Crippen LogP contribution in [0.25, 0.3) is 22.4 Å². The fourth-order valence-electron chi connectivity index (χ4n) is 3.40. The van der Waals surface area contributed by atoms with Crippen LogP contribution in [-0.4, -0.2) is 51.2 Å². The van der Waals surface area contributed by atoms with Gasteiger partial charge in [-0.25, -0.2) is 14.4 Å². The predicted octanol–water partition coefficient (Wildman–Crippen LogP) is 2.87. The minimum absolute atomic E-state index is 0.121. The third kappa shape index (κ3) is 4.14. The Bertz CT molecular complexity index is 1090. The highest BCUT2D eigenvalue weighted by Gasteiger charge is 2.36. The lowest BCUT2D eigenvalue weighted by Crippen LogP contribution is -2.46. The van der Waals surface area contributed by atoms with Crippen molar-refractivity contribution in [2.75, 3.05) is 18.0 Å². The van der Waals surface area contributed by atoms with Gasteiger partial charge in [-0.2, -0.15) is 13.2 Å². The van der Waals surface area contributed by atoms with Crippen molar-refractivity contribution in [3.8, 4) is 11.4 Å². The maximum absolute atomic E-state index is 14.5. The lowest BCUT2D eigenvalue weighted by molar-refractivity contribution is -0.139. The molecule has 0 spiro atoms. The minimum Gasteiger partial charge on any atom is -0.345 e. The molecule has 0 bridgehead atoms. The molecule has 1 fully saturated rings. The summed E-state index contributed by atoms with van der Waals surface area (Å²) < 4.78 is 51.8. The highest BCUT2D eigenvalue weighted by molar-refractivity contribution is 5.86. The molecule has 1 aliphatic heterocycles. The zero-order valence-corrected chi connectivity index (χ0v) is 15.5. The van der Waals surface area contributed by atoms with Crippen LogP contribution >= 0.6 is 0 Å². The highest BCUT2D eigenvalue weighted by Crippen LogP contribution is 2.29. The van der Waals surface area contributed by atoms with Crippen molar-refractivity contribution in [3.63, 3.8) is 0 Å². The normalized spacial score (nSPS) is 16.8. The molecular weight excluding hydrogens is 404 g/mol. The largest absolute Gasteiger partial charge is 0.405 e. The van der Waals surface area contributed by atoms with Crippen molar-refractivity contribution in [1.82, 2.24) is 25.3 Å². The van der Waals surface area contributed by atoms with E-state index in [9.17, 15) is 22.4 Å². The number of benzene rings is 1. The van der Waals surface area contributed by atoms with Crippen molar-refractivity contribution >= 4 is 22.8 Å². The summed E-state index contributed by atoms with van der Waals surface area (Å²) in [4.78, 5) is 30.3. The number of carbonyl (C=O) groups is 1. The van der Waals surface area contributed by atoms with E-state index in [1.807, 2.05) is 5.32 Å². The Morgan fingerprint density at radius 2 is 1.93 bits per heavy atom. The summed E-state index contributed by atoms with van der Waals surface area (Å²) in [6.45, 7) is -1.15. The monoisotopic (exact) mass is 420 g/mol. The van der Waals surface area contributed by atoms with Gasteiger partial charge in [-0.1, -0.05) is 0 Å². The summed E-state index contributed by atoms with van der Waals surface area (Å²) in [5, 5.41) is 1.86. The molecule has 7 nitrogen and oxygen atoms in total. The summed E-state index contributed by atoms with van der Waals surface area (Å²) in [5.74, 6) is -1.48. The summed E-state index contributed by atoms with van der Waals surface area (Å²) in [7, 11) is 0. The van der Waals surface area contributed by atoms with Gasteiger partial charge in [0.25, 0.3) is 0 Å². The summed E-state index contributed by atoms with van der Waals surface area (Å²) in [6, 6.07) is 4.21. The van der Waals surface area contributed by atoms with Gasteiger partial charge in [-0.3, -0.25) is 14.8 Å². The number of halogens is 4. The molecule has 3 aromatic rings. The molecule has 0 radical (unpaired) electrons. The molecule has 1 N–H and O–H groups in total. The Hall–Kier alpha value is -3.37. The van der Waals surface area contributed by atoms with Crippen molar-refractivity contribution in [1.29, 1.82) is 0 Å². The third-order valence-corrected chi connectivity index (χ3v) is 4.74. The van der Waals surface area contributed by atoms with Crippen molar-refractivity contribution in [2.45, 2.75) is 25.1 Å². The van der Waals surface area contributed by atoms with Crippen LogP contribution in [0.4, 0.5) is 23.4 Å². The molecule has 1 aromatic carbocycles. The van der Waals surface area contributed by atoms with E-state index in [4.69, 9.17) is 0 Å². The first-order chi connectivity index (χ1) is 14.3. The molecule has 1 atom stereocenters. The molecular formula is C19H16F4N6O. The fraction of sp³-hybridized carbons (Fsp3) is 0.316. The second-order valence-electron chi connectivity index (χ2n) is 6.81. The average molecular weight is 420 g/mol. The minimum atomic E-state index is -4.52. The molecule has 0 aliphatic carbocycles. The summed E-state index contributed by atoms with van der Waals surface area (Å²) in [5.41, 5.74) is 1.85. The van der Waals surface area contributed by atoms with Crippen LogP contribution in [0.2, 0.25) is 0 Å². The van der Waals surface area contributed by atoms with Crippen LogP contribution in [0.3, 0.4) is 0 Å². The van der Waals surface area contributed by atoms with E-state index in [1.165, 1.54) is 11.1 Å². The fourth-order valence-corrected chi connectivity index (χ4v) is 3.40. The van der Waals surface area contributed by atoms with Crippen LogP contribution < -0.4 is 10.2 Å². The Morgan fingerprint density at radius 3 is 2.70 bits per heavy atom. The maximum Gasteiger partial charge on any atom is 0.405 e. The zero-order valence-electron chi connectivity index (χ0n) is 15.5. The zero-order chi connectivity index (χ0) is 21.3. The van der Waals surface area contributed by atoms with E-state index in [1.54, 1.807) is 24.4 Å². The molecule has 2 aromatic heterocycles. The number of nitrogens with zero attached hydrogens (tertiary/aromatic N) is 5. The van der Waals surface area contributed by atoms with Crippen molar-refractivity contribution in [3.05, 3.63) is 42.6 Å². The van der Waals surface area contributed by atoms with E-state index in [-0.39, 0.29) is 11.6 Å². The molecule has 156 valence electrons. The van der Waals surface area contributed by atoms with E-state index >= 15 is 0 Å². The van der Waals surface area contributed by atoms with Gasteiger partial charge in [-0.15, -0.1) is 0 Å². The van der Waals surface area contributed by atoms with E-state index in [0.717, 1.165) is 6.20 Å². The number of anilines is 1. The van der Waals surface area contributed by atoms with Gasteiger partial charge in [0, 0.05) is 24.5 Å². The van der Waals surface area contributed by atoms with Crippen molar-refractivity contribution < 1.29 is 22.4 Å². The molecule has 1 aliphatic rings. The van der Waals surface area contributed by atoms with Gasteiger partial charge in [0.05, 0.1) is 17.2 Å². The van der Waals surface area contributed by atoms with Gasteiger partial charge < -0.3 is 10.2 Å². The van der Waals surface area contributed by atoms with Gasteiger partial charge in [0.1, 0.15) is 12.6 Å². The first kappa shape index (κ1) is 19.9. The molecule has 0 unspecified atom stereocenters. The van der Waals surface area contributed by atoms with E-state index in [2.05, 4.69) is 19.9 Å². The number of carbonyl (C=O) groups excluding carboxylic acids is 1. The first-order valence-corrected chi connectivity index (χ1v) is 9.16. The Balaban J connectivity index is 1.62. The highest BCUT2D eigenvalue weighted by atomic mass is 19.4. The van der Waals surface area contributed by atoms with Crippen LogP contribution in [-0.2, 0) is 4.79 Å². The van der Waals surface area contributed by atoms with Crippen LogP contribution in [0.15, 0.2) is 36.8 Å². The van der Waals surface area contributed by atoms with Crippen LogP contribution in [0.5, 0.6) is 0 Å². The summed E-state index contributed by atoms with van der Waals surface area (Å²) in [6.07, 6.45) is 0.388. The predicted molar refractivity (Wildman–Crippen MR) is 100.0 cm³/mol. The number of hydrogen-bond acceptors (Lipinski definition) is 6. The van der Waals surface area contributed by atoms with Crippen molar-refractivity contribution in [2.24, 2.45) is 0 Å². The maximum atomic E-state index is 14.5. The number of fused-ring (bicyclic) bond motifs is 1. The number of alkyl halides is 3. The molecule has 30 heavy (non-hydrogen) atoms. The van der Waals surface area contributed by atoms with Crippen LogP contribution in [0, 0.1) is 5.82 Å². The smallest absolute Gasteiger partial charge is 0.345 e. The SMILES string of the molecule is O=C(NCC(F)(F)F)[C@H]1CCCN1c1nc(-c2ccc3nccnc3c2)ncc1F. The number of amides is 1. The lowest BCUT2D eigenvalue weighted by Gasteiger charge is -2.25. The topological polar surface area (TPSA) is 83.9 Å². The van der Waals surface area contributed by atoms with E-state index in [0.29, 0.717) is 36.0 Å². The number of hydrogen-bond donors (Lipinski definition) is 1. The molecule has 11 heteroatoms. The summed E-state index contributed by atoms with van der Waals surface area (Å²) >= 11 is 0. The number of rotatable bonds is 4.